The molecule has 0 bridgehead atoms. The molecule has 0 aromatic carbocycles. The first kappa shape index (κ1) is 20.0. The summed E-state index contributed by atoms with van der Waals surface area (Å²) in [4.78, 5) is 20.5. The van der Waals surface area contributed by atoms with Gasteiger partial charge in [0.15, 0.2) is 5.96 Å². The van der Waals surface area contributed by atoms with Gasteiger partial charge in [-0.15, -0.1) is 0 Å². The first-order chi connectivity index (χ1) is 12.1. The van der Waals surface area contributed by atoms with Gasteiger partial charge >= 0.3 is 0 Å². The molecule has 2 fully saturated rings. The zero-order chi connectivity index (χ0) is 18.1. The van der Waals surface area contributed by atoms with Gasteiger partial charge in [0.1, 0.15) is 0 Å². The summed E-state index contributed by atoms with van der Waals surface area (Å²) in [7, 11) is 1.84. The summed E-state index contributed by atoms with van der Waals surface area (Å²) in [6.07, 6.45) is 7.83. The Bertz CT molecular complexity index is 440. The van der Waals surface area contributed by atoms with Gasteiger partial charge in [0.25, 0.3) is 0 Å². The van der Waals surface area contributed by atoms with Crippen molar-refractivity contribution in [2.75, 3.05) is 46.3 Å². The molecule has 144 valence electrons. The molecule has 0 aliphatic carbocycles. The Kier molecular flexibility index (Phi) is 8.52. The summed E-state index contributed by atoms with van der Waals surface area (Å²) in [5.74, 6) is 2.01. The van der Waals surface area contributed by atoms with Crippen LogP contribution in [0.1, 0.15) is 51.9 Å². The monoisotopic (exact) mass is 351 g/mol. The summed E-state index contributed by atoms with van der Waals surface area (Å²) in [6.45, 7) is 8.98. The van der Waals surface area contributed by atoms with Crippen molar-refractivity contribution in [1.82, 2.24) is 15.1 Å². The number of carbonyl (C=O) groups is 1. The molecule has 0 radical (unpaired) electrons. The lowest BCUT2D eigenvalue weighted by Gasteiger charge is -2.34. The van der Waals surface area contributed by atoms with Crippen LogP contribution in [0.25, 0.3) is 0 Å². The van der Waals surface area contributed by atoms with Crippen molar-refractivity contribution in [3.63, 3.8) is 0 Å². The van der Waals surface area contributed by atoms with E-state index in [-0.39, 0.29) is 5.91 Å². The molecular formula is C19H37N5O. The van der Waals surface area contributed by atoms with E-state index in [1.54, 1.807) is 0 Å². The van der Waals surface area contributed by atoms with Gasteiger partial charge < -0.3 is 20.9 Å². The number of piperidine rings is 2. The zero-order valence-electron chi connectivity index (χ0n) is 16.2. The van der Waals surface area contributed by atoms with Crippen molar-refractivity contribution >= 4 is 11.9 Å². The number of aliphatic imine (C=N–C) groups is 1. The Morgan fingerprint density at radius 2 is 2.00 bits per heavy atom. The molecule has 2 unspecified atom stereocenters. The van der Waals surface area contributed by atoms with Gasteiger partial charge in [0.05, 0.1) is 0 Å². The quantitative estimate of drug-likeness (QED) is 0.416. The summed E-state index contributed by atoms with van der Waals surface area (Å²) in [6, 6.07) is 0. The average molecular weight is 352 g/mol. The Morgan fingerprint density at radius 1 is 1.20 bits per heavy atom. The molecule has 2 rings (SSSR count). The number of nitrogens with one attached hydrogen (secondary N) is 1. The molecule has 25 heavy (non-hydrogen) atoms. The van der Waals surface area contributed by atoms with Crippen LogP contribution in [0.4, 0.5) is 0 Å². The molecule has 0 aromatic rings. The van der Waals surface area contributed by atoms with E-state index in [1.165, 1.54) is 45.3 Å². The van der Waals surface area contributed by atoms with Gasteiger partial charge in [-0.1, -0.05) is 6.92 Å². The third-order valence-electron chi connectivity index (χ3n) is 5.45. The van der Waals surface area contributed by atoms with Gasteiger partial charge in [0, 0.05) is 39.6 Å². The minimum absolute atomic E-state index is 0.193. The van der Waals surface area contributed by atoms with Gasteiger partial charge in [0.2, 0.25) is 5.91 Å². The molecule has 0 aromatic heterocycles. The summed E-state index contributed by atoms with van der Waals surface area (Å²) in [5, 5.41) is 3.50. The summed E-state index contributed by atoms with van der Waals surface area (Å²) >= 11 is 0. The second kappa shape index (κ2) is 10.6. The lowest BCUT2D eigenvalue weighted by molar-refractivity contribution is -0.119. The summed E-state index contributed by atoms with van der Waals surface area (Å²) in [5.41, 5.74) is 5.35. The van der Waals surface area contributed by atoms with Crippen LogP contribution in [0.5, 0.6) is 0 Å². The molecule has 2 atom stereocenters. The SMILES string of the molecule is CN=C(NCCCCN1CCCC(C)C1)N1CCCC(CC(N)=O)C1. The molecule has 2 saturated heterocycles. The lowest BCUT2D eigenvalue weighted by atomic mass is 9.95. The van der Waals surface area contributed by atoms with E-state index < -0.39 is 0 Å². The van der Waals surface area contributed by atoms with Crippen molar-refractivity contribution < 1.29 is 4.79 Å². The minimum Gasteiger partial charge on any atom is -0.370 e. The highest BCUT2D eigenvalue weighted by atomic mass is 16.1. The van der Waals surface area contributed by atoms with Crippen molar-refractivity contribution in [2.45, 2.75) is 51.9 Å². The largest absolute Gasteiger partial charge is 0.370 e. The predicted molar refractivity (Wildman–Crippen MR) is 104 cm³/mol. The first-order valence-electron chi connectivity index (χ1n) is 10.0. The fourth-order valence-corrected chi connectivity index (χ4v) is 4.19. The number of primary amides is 1. The number of hydrogen-bond donors (Lipinski definition) is 2. The molecule has 0 saturated carbocycles. The van der Waals surface area contributed by atoms with E-state index >= 15 is 0 Å². The normalized spacial score (nSPS) is 25.8. The number of hydrogen-bond acceptors (Lipinski definition) is 3. The molecule has 2 aliphatic rings. The van der Waals surface area contributed by atoms with Crippen molar-refractivity contribution in [1.29, 1.82) is 0 Å². The van der Waals surface area contributed by atoms with Crippen LogP contribution in [0.2, 0.25) is 0 Å². The summed E-state index contributed by atoms with van der Waals surface area (Å²) < 4.78 is 0. The van der Waals surface area contributed by atoms with E-state index in [0.29, 0.717) is 12.3 Å². The first-order valence-corrected chi connectivity index (χ1v) is 10.0. The van der Waals surface area contributed by atoms with Crippen LogP contribution in [0.3, 0.4) is 0 Å². The van der Waals surface area contributed by atoms with E-state index in [1.807, 2.05) is 7.05 Å². The van der Waals surface area contributed by atoms with Crippen LogP contribution in [0.15, 0.2) is 4.99 Å². The Morgan fingerprint density at radius 3 is 2.72 bits per heavy atom. The number of nitrogens with zero attached hydrogens (tertiary/aromatic N) is 3. The molecule has 3 N–H and O–H groups in total. The maximum Gasteiger partial charge on any atom is 0.217 e. The second-order valence-corrected chi connectivity index (χ2v) is 7.85. The topological polar surface area (TPSA) is 74.0 Å². The fourth-order valence-electron chi connectivity index (χ4n) is 4.19. The van der Waals surface area contributed by atoms with E-state index in [0.717, 1.165) is 44.4 Å². The second-order valence-electron chi connectivity index (χ2n) is 7.85. The van der Waals surface area contributed by atoms with Crippen molar-refractivity contribution in [3.05, 3.63) is 0 Å². The third kappa shape index (κ3) is 7.22. The Labute approximate surface area is 153 Å². The minimum atomic E-state index is -0.193. The van der Waals surface area contributed by atoms with Crippen molar-refractivity contribution in [3.8, 4) is 0 Å². The smallest absolute Gasteiger partial charge is 0.217 e. The van der Waals surface area contributed by atoms with E-state index in [9.17, 15) is 4.79 Å². The fraction of sp³-hybridized carbons (Fsp3) is 0.895. The number of unbranched alkanes of at least 4 members (excludes halogenated alkanes) is 1. The number of likely N-dealkylation sites (tertiary alicyclic amines) is 2. The van der Waals surface area contributed by atoms with Crippen LogP contribution in [-0.2, 0) is 4.79 Å². The molecule has 2 aliphatic heterocycles. The van der Waals surface area contributed by atoms with E-state index in [4.69, 9.17) is 5.73 Å². The molecule has 0 spiro atoms. The Hall–Kier alpha value is -1.30. The lowest BCUT2D eigenvalue weighted by Crippen LogP contribution is -2.47. The zero-order valence-corrected chi connectivity index (χ0v) is 16.2. The maximum absolute atomic E-state index is 11.2. The molecule has 6 nitrogen and oxygen atoms in total. The van der Waals surface area contributed by atoms with Gasteiger partial charge in [-0.25, -0.2) is 0 Å². The molecule has 1 amide bonds. The highest BCUT2D eigenvalue weighted by Crippen LogP contribution is 2.19. The molecular weight excluding hydrogens is 314 g/mol. The maximum atomic E-state index is 11.2. The van der Waals surface area contributed by atoms with Crippen LogP contribution in [-0.4, -0.2) is 68.0 Å². The molecule has 6 heteroatoms. The number of amides is 1. The average Bonchev–Trinajstić information content (AvgIpc) is 2.58. The van der Waals surface area contributed by atoms with Crippen LogP contribution >= 0.6 is 0 Å². The Balaban J connectivity index is 1.63. The third-order valence-corrected chi connectivity index (χ3v) is 5.45. The number of carbonyl (C=O) groups excluding carboxylic acids is 1. The number of nitrogens with two attached hydrogens (primary N) is 1. The van der Waals surface area contributed by atoms with Crippen molar-refractivity contribution in [2.24, 2.45) is 22.6 Å². The highest BCUT2D eigenvalue weighted by Gasteiger charge is 2.23. The number of guanidine groups is 1. The van der Waals surface area contributed by atoms with Crippen LogP contribution in [0, 0.1) is 11.8 Å². The molecule has 2 heterocycles. The van der Waals surface area contributed by atoms with Gasteiger partial charge in [-0.3, -0.25) is 9.79 Å². The number of rotatable bonds is 7. The highest BCUT2D eigenvalue weighted by molar-refractivity contribution is 5.80. The predicted octanol–water partition coefficient (Wildman–Crippen LogP) is 1.66. The van der Waals surface area contributed by atoms with Gasteiger partial charge in [-0.05, 0) is 63.5 Å². The van der Waals surface area contributed by atoms with Crippen LogP contribution < -0.4 is 11.1 Å². The van der Waals surface area contributed by atoms with Gasteiger partial charge in [-0.2, -0.15) is 0 Å². The van der Waals surface area contributed by atoms with E-state index in [2.05, 4.69) is 27.0 Å². The standard InChI is InChI=1S/C19H37N5O/c1-16-7-5-11-23(14-16)10-4-3-9-22-19(21-2)24-12-6-8-17(15-24)13-18(20)25/h16-17H,3-15H2,1-2H3,(H2,20,25)(H,21,22).